The molecule has 2 aliphatic carbocycles. The Morgan fingerprint density at radius 1 is 0.917 bits per heavy atom. The Morgan fingerprint density at radius 3 is 2.38 bits per heavy atom. The lowest BCUT2D eigenvalue weighted by atomic mass is 9.95. The van der Waals surface area contributed by atoms with E-state index in [-0.39, 0.29) is 5.69 Å². The molecule has 2 fully saturated rings. The number of nitro benzene ring substituents is 1. The molecule has 0 saturated heterocycles. The van der Waals surface area contributed by atoms with E-state index < -0.39 is 4.92 Å². The summed E-state index contributed by atoms with van der Waals surface area (Å²) in [4.78, 5) is 10.3. The van der Waals surface area contributed by atoms with Crippen molar-refractivity contribution in [2.24, 2.45) is 0 Å². The van der Waals surface area contributed by atoms with Crippen LogP contribution < -0.4 is 0 Å². The van der Waals surface area contributed by atoms with Gasteiger partial charge in [-0.3, -0.25) is 10.1 Å². The van der Waals surface area contributed by atoms with Crippen molar-refractivity contribution in [3.05, 3.63) is 109 Å². The van der Waals surface area contributed by atoms with Crippen molar-refractivity contribution in [2.75, 3.05) is 13.2 Å². The predicted octanol–water partition coefficient (Wildman–Crippen LogP) is 3.81. The molecule has 0 aromatic heterocycles. The third-order valence-corrected chi connectivity index (χ3v) is 3.76. The molecule has 0 aliphatic heterocycles. The van der Waals surface area contributed by atoms with Gasteiger partial charge in [-0.2, -0.15) is 0 Å². The third-order valence-electron chi connectivity index (χ3n) is 3.76. The first-order valence-electron chi connectivity index (χ1n) is 7.68. The average Bonchev–Trinajstić information content (AvgIpc) is 3.25. The minimum Gasteiger partial charge on any atom is -0.380 e. The molecule has 0 N–H and O–H groups in total. The molecule has 0 unspecified atom stereocenters. The fourth-order valence-corrected chi connectivity index (χ4v) is 2.45. The first-order valence-corrected chi connectivity index (χ1v) is 7.68. The van der Waals surface area contributed by atoms with Crippen molar-refractivity contribution < 1.29 is 9.66 Å². The lowest BCUT2D eigenvalue weighted by Crippen LogP contribution is -2.13. The predicted molar refractivity (Wildman–Crippen MR) is 92.8 cm³/mol. The van der Waals surface area contributed by atoms with Crippen LogP contribution in [0.2, 0.25) is 0 Å². The molecule has 4 nitrogen and oxygen atoms in total. The zero-order valence-corrected chi connectivity index (χ0v) is 13.1. The first-order chi connectivity index (χ1) is 11.7. The number of nitrogens with zero attached hydrogens (tertiary/aromatic N) is 1. The highest BCUT2D eigenvalue weighted by Gasteiger charge is 2.28. The fourth-order valence-electron chi connectivity index (χ4n) is 2.45. The van der Waals surface area contributed by atoms with Crippen LogP contribution in [-0.2, 0) is 4.74 Å². The Kier molecular flexibility index (Phi) is 6.02. The van der Waals surface area contributed by atoms with Gasteiger partial charge in [-0.25, -0.2) is 0 Å². The molecule has 2 saturated carbocycles. The second kappa shape index (κ2) is 8.43. The van der Waals surface area contributed by atoms with Crippen LogP contribution in [0.5, 0.6) is 0 Å². The van der Waals surface area contributed by atoms with Crippen molar-refractivity contribution in [1.82, 2.24) is 0 Å². The van der Waals surface area contributed by atoms with E-state index >= 15 is 0 Å². The summed E-state index contributed by atoms with van der Waals surface area (Å²) in [5.74, 6) is 3.39. The first kappa shape index (κ1) is 17.2. The summed E-state index contributed by atoms with van der Waals surface area (Å²) in [5, 5.41) is 10.7. The maximum absolute atomic E-state index is 10.7. The number of allylic oxidation sites excluding steroid dienone is 1. The average molecular weight is 319 g/mol. The van der Waals surface area contributed by atoms with Gasteiger partial charge in [0.1, 0.15) is 0 Å². The summed E-state index contributed by atoms with van der Waals surface area (Å²) in [5.41, 5.74) is 1.02. The molecule has 10 radical (unpaired) electrons. The van der Waals surface area contributed by atoms with Crippen molar-refractivity contribution in [1.29, 1.82) is 0 Å². The van der Waals surface area contributed by atoms with E-state index in [1.165, 1.54) is 18.1 Å². The lowest BCUT2D eigenvalue weighted by Gasteiger charge is -2.16. The summed E-state index contributed by atoms with van der Waals surface area (Å²) in [6, 6.07) is 6.50. The van der Waals surface area contributed by atoms with Gasteiger partial charge >= 0.3 is 0 Å². The summed E-state index contributed by atoms with van der Waals surface area (Å²) < 4.78 is 5.75. The number of hydrogen-bond acceptors (Lipinski definition) is 3. The van der Waals surface area contributed by atoms with Gasteiger partial charge in [0.25, 0.3) is 5.69 Å². The highest BCUT2D eigenvalue weighted by molar-refractivity contribution is 5.60. The van der Waals surface area contributed by atoms with Crippen molar-refractivity contribution in [3.63, 3.8) is 0 Å². The van der Waals surface area contributed by atoms with E-state index in [0.29, 0.717) is 13.2 Å². The van der Waals surface area contributed by atoms with Crippen molar-refractivity contribution in [3.8, 4) is 0 Å². The minimum atomic E-state index is -0.396. The van der Waals surface area contributed by atoms with Crippen LogP contribution in [0, 0.1) is 72.8 Å². The van der Waals surface area contributed by atoms with Gasteiger partial charge in [0.15, 0.2) is 0 Å². The van der Waals surface area contributed by atoms with Gasteiger partial charge in [0, 0.05) is 29.9 Å². The van der Waals surface area contributed by atoms with Crippen molar-refractivity contribution in [2.45, 2.75) is 0 Å². The van der Waals surface area contributed by atoms with Crippen LogP contribution >= 0.6 is 0 Å². The van der Waals surface area contributed by atoms with Crippen LogP contribution in [0.25, 0.3) is 6.08 Å². The molecule has 1 aromatic carbocycles. The molecule has 4 heteroatoms. The van der Waals surface area contributed by atoms with E-state index in [1.54, 1.807) is 12.1 Å². The van der Waals surface area contributed by atoms with E-state index in [0.717, 1.165) is 17.4 Å². The second-order valence-corrected chi connectivity index (χ2v) is 5.47. The number of nitro groups is 1. The molecule has 0 amide bonds. The minimum absolute atomic E-state index is 0.0991. The summed E-state index contributed by atoms with van der Waals surface area (Å²) >= 11 is 0. The quantitative estimate of drug-likeness (QED) is 0.567. The molecule has 0 spiro atoms. The zero-order valence-electron chi connectivity index (χ0n) is 13.1. The number of rotatable bonds is 7. The largest absolute Gasteiger partial charge is 0.380 e. The lowest BCUT2D eigenvalue weighted by molar-refractivity contribution is -0.384. The molecule has 0 atom stereocenters. The van der Waals surface area contributed by atoms with Gasteiger partial charge in [-0.15, -0.1) is 0 Å². The van der Waals surface area contributed by atoms with Crippen LogP contribution in [0.1, 0.15) is 5.56 Å². The molecule has 24 heavy (non-hydrogen) atoms. The zero-order chi connectivity index (χ0) is 16.8. The normalized spacial score (nSPS) is 20.3. The van der Waals surface area contributed by atoms with Crippen molar-refractivity contribution >= 4 is 11.8 Å². The maximum atomic E-state index is 10.7. The van der Waals surface area contributed by atoms with Gasteiger partial charge in [-0.1, -0.05) is 12.2 Å². The molecule has 2 aliphatic rings. The van der Waals surface area contributed by atoms with Gasteiger partial charge in [0.2, 0.25) is 0 Å². The fraction of sp³-hybridized carbons (Fsp3) is 0.100. The SMILES string of the molecule is O=[N+]([O-])c1ccc(/C=C/[C]2[CH][CH][CH][C]2COC[C]2[CH][CH][CH][CH]2)cc1. The molecule has 0 heterocycles. The standard InChI is InChI=1S/C20H17NO3/c22-21(23)20-12-9-16(10-13-20)8-11-18-6-3-7-19(18)15-24-14-17-4-1-2-5-17/h1-13H,14-15H2/b11-8+. The van der Waals surface area contributed by atoms with E-state index in [9.17, 15) is 10.1 Å². The highest BCUT2D eigenvalue weighted by Crippen LogP contribution is 2.35. The summed E-state index contributed by atoms with van der Waals surface area (Å²) in [6.07, 6.45) is 18.1. The summed E-state index contributed by atoms with van der Waals surface area (Å²) in [7, 11) is 0. The molecular formula is C20H17NO3. The smallest absolute Gasteiger partial charge is 0.269 e. The topological polar surface area (TPSA) is 52.4 Å². The Labute approximate surface area is 144 Å². The molecular weight excluding hydrogens is 302 g/mol. The van der Waals surface area contributed by atoms with Gasteiger partial charge in [0.05, 0.1) is 18.1 Å². The van der Waals surface area contributed by atoms with Crippen LogP contribution in [-0.4, -0.2) is 18.1 Å². The maximum Gasteiger partial charge on any atom is 0.269 e. The highest BCUT2D eigenvalue weighted by atomic mass is 16.6. The monoisotopic (exact) mass is 319 g/mol. The van der Waals surface area contributed by atoms with E-state index in [1.807, 2.05) is 57.1 Å². The van der Waals surface area contributed by atoms with E-state index in [2.05, 4.69) is 0 Å². The molecule has 120 valence electrons. The Hall–Kier alpha value is -1.68. The van der Waals surface area contributed by atoms with Gasteiger partial charge in [-0.05, 0) is 62.6 Å². The molecule has 0 bridgehead atoms. The van der Waals surface area contributed by atoms with Crippen LogP contribution in [0.3, 0.4) is 0 Å². The Balaban J connectivity index is 1.48. The molecule has 3 rings (SSSR count). The Bertz CT molecular complexity index is 561. The third kappa shape index (κ3) is 4.67. The van der Waals surface area contributed by atoms with Gasteiger partial charge < -0.3 is 4.74 Å². The van der Waals surface area contributed by atoms with Crippen LogP contribution in [0.15, 0.2) is 30.3 Å². The summed E-state index contributed by atoms with van der Waals surface area (Å²) in [6.45, 7) is 1.15. The Morgan fingerprint density at radius 2 is 1.67 bits per heavy atom. The number of non-ortho nitro benzene ring substituents is 1. The van der Waals surface area contributed by atoms with E-state index in [4.69, 9.17) is 4.74 Å². The second-order valence-electron chi connectivity index (χ2n) is 5.47. The number of ether oxygens (including phenoxy) is 1. The number of hydrogen-bond donors (Lipinski definition) is 0. The van der Waals surface area contributed by atoms with Crippen LogP contribution in [0.4, 0.5) is 5.69 Å². The number of benzene rings is 1. The molecule has 1 aromatic rings.